The number of aromatic nitrogens is 4. The Labute approximate surface area is 194 Å². The zero-order valence-corrected chi connectivity index (χ0v) is 19.9. The van der Waals surface area contributed by atoms with Crippen molar-refractivity contribution in [1.82, 2.24) is 24.9 Å². The van der Waals surface area contributed by atoms with Crippen LogP contribution >= 0.6 is 0 Å². The third-order valence-electron chi connectivity index (χ3n) is 6.29. The molecule has 1 fully saturated rings. The SMILES string of the molecule is CCC(C)CC(=O)NCCCCNc1nc2cc(N3CCOCC3)ccc2n2c(C)nnc12. The van der Waals surface area contributed by atoms with Crippen LogP contribution in [0.3, 0.4) is 0 Å². The molecule has 1 aliphatic heterocycles. The number of anilines is 2. The molecule has 1 unspecified atom stereocenters. The van der Waals surface area contributed by atoms with E-state index in [1.54, 1.807) is 0 Å². The maximum absolute atomic E-state index is 11.9. The predicted molar refractivity (Wildman–Crippen MR) is 131 cm³/mol. The monoisotopic (exact) mass is 453 g/mol. The van der Waals surface area contributed by atoms with E-state index >= 15 is 0 Å². The Bertz CT molecular complexity index is 1090. The molecule has 178 valence electrons. The van der Waals surface area contributed by atoms with Crippen LogP contribution in [0.1, 0.15) is 45.4 Å². The minimum absolute atomic E-state index is 0.144. The highest BCUT2D eigenvalue weighted by molar-refractivity contribution is 5.85. The third kappa shape index (κ3) is 5.52. The maximum atomic E-state index is 11.9. The lowest BCUT2D eigenvalue weighted by Gasteiger charge is -2.29. The average Bonchev–Trinajstić information content (AvgIpc) is 3.23. The van der Waals surface area contributed by atoms with Gasteiger partial charge in [-0.2, -0.15) is 0 Å². The van der Waals surface area contributed by atoms with E-state index < -0.39 is 0 Å². The van der Waals surface area contributed by atoms with Gasteiger partial charge in [-0.25, -0.2) is 4.98 Å². The van der Waals surface area contributed by atoms with Crippen molar-refractivity contribution < 1.29 is 9.53 Å². The Morgan fingerprint density at radius 1 is 1.18 bits per heavy atom. The molecule has 2 aromatic heterocycles. The first-order valence-corrected chi connectivity index (χ1v) is 12.1. The minimum atomic E-state index is 0.144. The van der Waals surface area contributed by atoms with Gasteiger partial charge in [0, 0.05) is 38.3 Å². The molecular weight excluding hydrogens is 418 g/mol. The largest absolute Gasteiger partial charge is 0.378 e. The van der Waals surface area contributed by atoms with E-state index in [-0.39, 0.29) is 5.91 Å². The number of fused-ring (bicyclic) bond motifs is 3. The van der Waals surface area contributed by atoms with Crippen LogP contribution in [0.25, 0.3) is 16.7 Å². The van der Waals surface area contributed by atoms with Crippen LogP contribution in [0.15, 0.2) is 18.2 Å². The maximum Gasteiger partial charge on any atom is 0.220 e. The second-order valence-corrected chi connectivity index (χ2v) is 8.84. The molecule has 0 saturated carbocycles. The van der Waals surface area contributed by atoms with Crippen LogP contribution in [-0.4, -0.2) is 64.9 Å². The van der Waals surface area contributed by atoms with Crippen molar-refractivity contribution in [1.29, 1.82) is 0 Å². The molecule has 1 amide bonds. The van der Waals surface area contributed by atoms with E-state index in [4.69, 9.17) is 9.72 Å². The van der Waals surface area contributed by atoms with Crippen molar-refractivity contribution in [3.8, 4) is 0 Å². The molecule has 2 N–H and O–H groups in total. The third-order valence-corrected chi connectivity index (χ3v) is 6.29. The van der Waals surface area contributed by atoms with Gasteiger partial charge in [-0.05, 0) is 43.9 Å². The van der Waals surface area contributed by atoms with Crippen molar-refractivity contribution >= 4 is 34.1 Å². The predicted octanol–water partition coefficient (Wildman–Crippen LogP) is 3.17. The number of carbonyl (C=O) groups is 1. The topological polar surface area (TPSA) is 96.7 Å². The molecule has 3 aromatic rings. The Balaban J connectivity index is 1.41. The van der Waals surface area contributed by atoms with Gasteiger partial charge in [0.05, 0.1) is 24.2 Å². The zero-order valence-electron chi connectivity index (χ0n) is 19.9. The summed E-state index contributed by atoms with van der Waals surface area (Å²) in [6.45, 7) is 10.9. The van der Waals surface area contributed by atoms with Crippen molar-refractivity contribution in [3.63, 3.8) is 0 Å². The van der Waals surface area contributed by atoms with E-state index in [0.29, 0.717) is 18.9 Å². The average molecular weight is 454 g/mol. The summed E-state index contributed by atoms with van der Waals surface area (Å²) in [7, 11) is 0. The van der Waals surface area contributed by atoms with E-state index in [1.807, 2.05) is 6.92 Å². The number of amides is 1. The fraction of sp³-hybridized carbons (Fsp3) is 0.583. The Hall–Kier alpha value is -2.94. The first kappa shape index (κ1) is 23.2. The number of hydrogen-bond donors (Lipinski definition) is 2. The summed E-state index contributed by atoms with van der Waals surface area (Å²) in [6, 6.07) is 6.37. The highest BCUT2D eigenvalue weighted by Gasteiger charge is 2.16. The van der Waals surface area contributed by atoms with Crippen LogP contribution in [0.2, 0.25) is 0 Å². The number of carbonyl (C=O) groups excluding carboxylic acids is 1. The van der Waals surface area contributed by atoms with Crippen LogP contribution in [0, 0.1) is 12.8 Å². The van der Waals surface area contributed by atoms with E-state index in [1.165, 1.54) is 0 Å². The lowest BCUT2D eigenvalue weighted by atomic mass is 10.1. The number of nitrogens with zero attached hydrogens (tertiary/aromatic N) is 5. The second-order valence-electron chi connectivity index (χ2n) is 8.84. The Kier molecular flexibility index (Phi) is 7.59. The van der Waals surface area contributed by atoms with Crippen molar-refractivity contribution in [2.24, 2.45) is 5.92 Å². The number of benzene rings is 1. The zero-order chi connectivity index (χ0) is 23.2. The van der Waals surface area contributed by atoms with Crippen LogP contribution < -0.4 is 15.5 Å². The molecule has 0 aliphatic carbocycles. The lowest BCUT2D eigenvalue weighted by molar-refractivity contribution is -0.121. The normalized spacial score (nSPS) is 15.2. The van der Waals surface area contributed by atoms with Gasteiger partial charge in [-0.3, -0.25) is 9.20 Å². The van der Waals surface area contributed by atoms with Crippen molar-refractivity contribution in [3.05, 3.63) is 24.0 Å². The fourth-order valence-corrected chi connectivity index (χ4v) is 4.12. The van der Waals surface area contributed by atoms with Crippen LogP contribution in [0.5, 0.6) is 0 Å². The molecule has 1 aromatic carbocycles. The molecule has 0 spiro atoms. The van der Waals surface area contributed by atoms with E-state index in [2.05, 4.69) is 62.2 Å². The molecule has 3 heterocycles. The highest BCUT2D eigenvalue weighted by atomic mass is 16.5. The first-order valence-electron chi connectivity index (χ1n) is 12.1. The number of aryl methyl sites for hydroxylation is 1. The second kappa shape index (κ2) is 10.8. The summed E-state index contributed by atoms with van der Waals surface area (Å²) < 4.78 is 7.55. The minimum Gasteiger partial charge on any atom is -0.378 e. The molecule has 1 aliphatic rings. The molecular formula is C24H35N7O2. The van der Waals surface area contributed by atoms with Gasteiger partial charge >= 0.3 is 0 Å². The molecule has 4 rings (SSSR count). The summed E-state index contributed by atoms with van der Waals surface area (Å²) in [5, 5.41) is 15.1. The van der Waals surface area contributed by atoms with Crippen molar-refractivity contribution in [2.45, 2.75) is 46.5 Å². The van der Waals surface area contributed by atoms with Gasteiger partial charge in [0.2, 0.25) is 11.6 Å². The molecule has 1 atom stereocenters. The fourth-order valence-electron chi connectivity index (χ4n) is 4.12. The van der Waals surface area contributed by atoms with Gasteiger partial charge in [0.1, 0.15) is 5.82 Å². The molecule has 33 heavy (non-hydrogen) atoms. The Morgan fingerprint density at radius 3 is 2.76 bits per heavy atom. The summed E-state index contributed by atoms with van der Waals surface area (Å²) in [6.07, 6.45) is 3.47. The number of unbranched alkanes of at least 4 members (excludes halogenated alkanes) is 1. The van der Waals surface area contributed by atoms with E-state index in [9.17, 15) is 4.79 Å². The molecule has 9 heteroatoms. The quantitative estimate of drug-likeness (QED) is 0.455. The van der Waals surface area contributed by atoms with Crippen LogP contribution in [-0.2, 0) is 9.53 Å². The van der Waals surface area contributed by atoms with Crippen LogP contribution in [0.4, 0.5) is 11.5 Å². The van der Waals surface area contributed by atoms with Gasteiger partial charge < -0.3 is 20.3 Å². The highest BCUT2D eigenvalue weighted by Crippen LogP contribution is 2.26. The van der Waals surface area contributed by atoms with Gasteiger partial charge in [0.25, 0.3) is 0 Å². The standard InChI is InChI=1S/C24H35N7O2/c1-4-17(2)15-22(32)25-9-5-6-10-26-23-24-29-28-18(3)31(24)21-8-7-19(16-20(21)27-23)30-11-13-33-14-12-30/h7-8,16-17H,4-6,9-15H2,1-3H3,(H,25,32)(H,26,27). The lowest BCUT2D eigenvalue weighted by Crippen LogP contribution is -2.36. The summed E-state index contributed by atoms with van der Waals surface area (Å²) in [5.41, 5.74) is 3.80. The summed E-state index contributed by atoms with van der Waals surface area (Å²) >= 11 is 0. The van der Waals surface area contributed by atoms with Gasteiger partial charge in [-0.1, -0.05) is 20.3 Å². The van der Waals surface area contributed by atoms with Crippen molar-refractivity contribution in [2.75, 3.05) is 49.6 Å². The number of hydrogen-bond acceptors (Lipinski definition) is 7. The molecule has 0 radical (unpaired) electrons. The Morgan fingerprint density at radius 2 is 1.97 bits per heavy atom. The molecule has 9 nitrogen and oxygen atoms in total. The first-order chi connectivity index (χ1) is 16.1. The summed E-state index contributed by atoms with van der Waals surface area (Å²) in [4.78, 5) is 19.1. The van der Waals surface area contributed by atoms with E-state index in [0.717, 1.165) is 86.1 Å². The summed E-state index contributed by atoms with van der Waals surface area (Å²) in [5.74, 6) is 2.15. The number of ether oxygens (including phenoxy) is 1. The molecule has 1 saturated heterocycles. The smallest absolute Gasteiger partial charge is 0.220 e. The molecule has 0 bridgehead atoms. The van der Waals surface area contributed by atoms with Gasteiger partial charge in [-0.15, -0.1) is 10.2 Å². The number of rotatable bonds is 10. The number of nitrogens with one attached hydrogen (secondary N) is 2. The number of morpholine rings is 1. The van der Waals surface area contributed by atoms with Gasteiger partial charge in [0.15, 0.2) is 5.82 Å².